The topological polar surface area (TPSA) is 64.6 Å². The highest BCUT2D eigenvalue weighted by Gasteiger charge is 2.23. The van der Waals surface area contributed by atoms with Crippen molar-refractivity contribution in [1.82, 2.24) is 5.32 Å². The van der Waals surface area contributed by atoms with Crippen LogP contribution in [-0.4, -0.2) is 29.9 Å². The Morgan fingerprint density at radius 2 is 2.12 bits per heavy atom. The van der Waals surface area contributed by atoms with Crippen LogP contribution in [0.1, 0.15) is 12.5 Å². The van der Waals surface area contributed by atoms with Crippen molar-refractivity contribution in [1.29, 1.82) is 0 Å². The molecule has 1 aromatic carbocycles. The molecule has 0 spiro atoms. The van der Waals surface area contributed by atoms with E-state index in [2.05, 4.69) is 10.1 Å². The Morgan fingerprint density at radius 3 is 2.72 bits per heavy atom. The molecule has 1 fully saturated rings. The molecule has 0 bridgehead atoms. The zero-order valence-electron chi connectivity index (χ0n) is 13.2. The maximum absolute atomic E-state index is 11.8. The van der Waals surface area contributed by atoms with Crippen molar-refractivity contribution in [3.05, 3.63) is 44.3 Å². The molecule has 132 valence electrons. The minimum Gasteiger partial charge on any atom is -0.480 e. The van der Waals surface area contributed by atoms with Crippen LogP contribution in [-0.2, 0) is 14.3 Å². The van der Waals surface area contributed by atoms with Crippen molar-refractivity contribution in [3.63, 3.8) is 0 Å². The number of halogens is 2. The predicted octanol–water partition coefficient (Wildman–Crippen LogP) is 3.98. The van der Waals surface area contributed by atoms with Gasteiger partial charge >= 0.3 is 5.97 Å². The van der Waals surface area contributed by atoms with Gasteiger partial charge in [0, 0.05) is 10.6 Å². The number of methoxy groups -OCH3 is 1. The summed E-state index contributed by atoms with van der Waals surface area (Å²) in [5.74, 6) is -0.472. The Kier molecular flexibility index (Phi) is 6.89. The van der Waals surface area contributed by atoms with Crippen LogP contribution in [0, 0.1) is 0 Å². The molecule has 0 aliphatic carbocycles. The lowest BCUT2D eigenvalue weighted by molar-refractivity contribution is -0.142. The molecule has 0 aromatic heterocycles. The first-order valence-electron chi connectivity index (χ1n) is 6.92. The molecule has 5 nitrogen and oxygen atoms in total. The molecular weight excluding hydrogens is 405 g/mol. The third kappa shape index (κ3) is 5.22. The Labute approximate surface area is 164 Å². The Morgan fingerprint density at radius 1 is 1.40 bits per heavy atom. The number of rotatable bonds is 5. The largest absolute Gasteiger partial charge is 0.480 e. The van der Waals surface area contributed by atoms with E-state index in [-0.39, 0.29) is 17.5 Å². The summed E-state index contributed by atoms with van der Waals surface area (Å²) in [4.78, 5) is 23.6. The van der Waals surface area contributed by atoms with Crippen molar-refractivity contribution in [3.8, 4) is 5.75 Å². The summed E-state index contributed by atoms with van der Waals surface area (Å²) in [5, 5.41) is 3.23. The molecule has 1 aromatic rings. The summed E-state index contributed by atoms with van der Waals surface area (Å²) in [6.07, 6.45) is 3.42. The van der Waals surface area contributed by atoms with E-state index in [4.69, 9.17) is 40.2 Å². The first-order valence-corrected chi connectivity index (χ1v) is 8.90. The van der Waals surface area contributed by atoms with Gasteiger partial charge in [-0.05, 0) is 24.6 Å². The Hall–Kier alpha value is -1.54. The highest BCUT2D eigenvalue weighted by atomic mass is 35.5. The second kappa shape index (κ2) is 8.71. The lowest BCUT2D eigenvalue weighted by atomic mass is 10.1. The van der Waals surface area contributed by atoms with Crippen molar-refractivity contribution >= 4 is 69.5 Å². The monoisotopic (exact) mass is 417 g/mol. The molecular formula is C16H13Cl2NO4S2. The number of esters is 1. The molecule has 1 aliphatic rings. The number of thiocarbonyl (C=S) groups is 1. The quantitative estimate of drug-likeness (QED) is 0.443. The molecule has 0 radical (unpaired) electrons. The second-order valence-corrected chi connectivity index (χ2v) is 7.39. The maximum Gasteiger partial charge on any atom is 0.343 e. The number of nitrogens with one attached hydrogen (secondary N) is 1. The molecule has 1 amide bonds. The number of hydrogen-bond acceptors (Lipinski definition) is 6. The van der Waals surface area contributed by atoms with Gasteiger partial charge < -0.3 is 14.8 Å². The SMILES string of the molecule is COC(=O)COc1c(Cl)cc(Cl)cc1/C=C/C(C)=C1/SC(=S)NC1=O. The van der Waals surface area contributed by atoms with Crippen molar-refractivity contribution in [2.24, 2.45) is 0 Å². The Balaban J connectivity index is 2.31. The fourth-order valence-corrected chi connectivity index (χ4v) is 3.52. The summed E-state index contributed by atoms with van der Waals surface area (Å²) in [6, 6.07) is 3.15. The molecule has 0 atom stereocenters. The smallest absolute Gasteiger partial charge is 0.343 e. The maximum atomic E-state index is 11.8. The van der Waals surface area contributed by atoms with Gasteiger partial charge in [0.25, 0.3) is 5.91 Å². The van der Waals surface area contributed by atoms with Gasteiger partial charge in [0.15, 0.2) is 6.61 Å². The minimum atomic E-state index is -0.535. The summed E-state index contributed by atoms with van der Waals surface area (Å²) in [6.45, 7) is 1.50. The second-order valence-electron chi connectivity index (χ2n) is 4.86. The number of thioether (sulfide) groups is 1. The molecule has 2 rings (SSSR count). The highest BCUT2D eigenvalue weighted by Crippen LogP contribution is 2.34. The number of ether oxygens (including phenoxy) is 2. The Bertz CT molecular complexity index is 806. The molecule has 1 N–H and O–H groups in total. The normalized spacial score (nSPS) is 16.2. The van der Waals surface area contributed by atoms with Gasteiger partial charge in [0.2, 0.25) is 0 Å². The summed E-state index contributed by atoms with van der Waals surface area (Å²) in [5.41, 5.74) is 1.28. The zero-order valence-corrected chi connectivity index (χ0v) is 16.4. The van der Waals surface area contributed by atoms with Gasteiger partial charge in [-0.3, -0.25) is 4.79 Å². The van der Waals surface area contributed by atoms with Crippen LogP contribution in [0.3, 0.4) is 0 Å². The predicted molar refractivity (Wildman–Crippen MR) is 104 cm³/mol. The third-order valence-corrected chi connectivity index (χ3v) is 4.94. The molecule has 0 saturated carbocycles. The highest BCUT2D eigenvalue weighted by molar-refractivity contribution is 8.26. The molecule has 1 heterocycles. The fourth-order valence-electron chi connectivity index (χ4n) is 1.91. The molecule has 9 heteroatoms. The van der Waals surface area contributed by atoms with Crippen molar-refractivity contribution in [2.75, 3.05) is 13.7 Å². The van der Waals surface area contributed by atoms with Crippen LogP contribution in [0.4, 0.5) is 0 Å². The van der Waals surface area contributed by atoms with Crippen LogP contribution in [0.5, 0.6) is 5.75 Å². The van der Waals surface area contributed by atoms with E-state index in [0.717, 1.165) is 5.57 Å². The average molecular weight is 418 g/mol. The minimum absolute atomic E-state index is 0.233. The number of carbonyl (C=O) groups excluding carboxylic acids is 2. The van der Waals surface area contributed by atoms with Crippen molar-refractivity contribution in [2.45, 2.75) is 6.92 Å². The van der Waals surface area contributed by atoms with Crippen LogP contribution in [0.15, 0.2) is 28.7 Å². The van der Waals surface area contributed by atoms with E-state index in [9.17, 15) is 9.59 Å². The lowest BCUT2D eigenvalue weighted by Gasteiger charge is -2.11. The van der Waals surface area contributed by atoms with E-state index in [0.29, 0.717) is 25.6 Å². The summed E-state index contributed by atoms with van der Waals surface area (Å²) >= 11 is 18.4. The average Bonchev–Trinajstić information content (AvgIpc) is 2.89. The first-order chi connectivity index (χ1) is 11.8. The number of amides is 1. The molecule has 0 unspecified atom stereocenters. The van der Waals surface area contributed by atoms with Crippen LogP contribution in [0.2, 0.25) is 10.0 Å². The van der Waals surface area contributed by atoms with Crippen LogP contribution in [0.25, 0.3) is 6.08 Å². The molecule has 1 aliphatic heterocycles. The van der Waals surface area contributed by atoms with E-state index in [1.165, 1.54) is 24.9 Å². The number of benzene rings is 1. The van der Waals surface area contributed by atoms with Crippen LogP contribution < -0.4 is 10.1 Å². The summed E-state index contributed by atoms with van der Waals surface area (Å²) in [7, 11) is 1.26. The fraction of sp³-hybridized carbons (Fsp3) is 0.188. The van der Waals surface area contributed by atoms with Crippen molar-refractivity contribution < 1.29 is 19.1 Å². The molecule has 25 heavy (non-hydrogen) atoms. The third-order valence-electron chi connectivity index (χ3n) is 3.09. The van der Waals surface area contributed by atoms with Gasteiger partial charge in [0.05, 0.1) is 17.0 Å². The van der Waals surface area contributed by atoms with Gasteiger partial charge in [-0.1, -0.05) is 59.3 Å². The van der Waals surface area contributed by atoms with Gasteiger partial charge in [-0.2, -0.15) is 0 Å². The van der Waals surface area contributed by atoms with Gasteiger partial charge in [-0.15, -0.1) is 0 Å². The van der Waals surface area contributed by atoms with E-state index in [1.807, 2.05) is 0 Å². The zero-order chi connectivity index (χ0) is 18.6. The standard InChI is InChI=1S/C16H13Cl2NO4S2/c1-8(14-15(21)19-16(24)25-14)3-4-9-5-10(17)6-11(18)13(9)23-7-12(20)22-2/h3-6H,7H2,1-2H3,(H,19,21,24)/b4-3+,14-8+. The first kappa shape index (κ1) is 19.8. The number of carbonyl (C=O) groups is 2. The van der Waals surface area contributed by atoms with E-state index >= 15 is 0 Å². The van der Waals surface area contributed by atoms with Gasteiger partial charge in [-0.25, -0.2) is 4.79 Å². The van der Waals surface area contributed by atoms with E-state index < -0.39 is 5.97 Å². The van der Waals surface area contributed by atoms with Gasteiger partial charge in [0.1, 0.15) is 10.1 Å². The molecule has 1 saturated heterocycles. The number of hydrogen-bond donors (Lipinski definition) is 1. The summed E-state index contributed by atoms with van der Waals surface area (Å²) < 4.78 is 10.4. The lowest BCUT2D eigenvalue weighted by Crippen LogP contribution is -2.18. The van der Waals surface area contributed by atoms with Crippen LogP contribution >= 0.6 is 47.2 Å². The number of allylic oxidation sites excluding steroid dienone is 2. The van der Waals surface area contributed by atoms with E-state index in [1.54, 1.807) is 25.1 Å².